The Bertz CT molecular complexity index is 3710. The second kappa shape index (κ2) is 16.2. The summed E-state index contributed by atoms with van der Waals surface area (Å²) in [4.78, 5) is 15.5. The molecule has 0 bridgehead atoms. The van der Waals surface area contributed by atoms with Gasteiger partial charge in [-0.25, -0.2) is 15.0 Å². The number of para-hydroxylation sites is 1. The summed E-state index contributed by atoms with van der Waals surface area (Å²) in [6, 6.07) is 83.1. The fourth-order valence-electron chi connectivity index (χ4n) is 8.97. The summed E-state index contributed by atoms with van der Waals surface area (Å²) >= 11 is 0. The third-order valence-corrected chi connectivity index (χ3v) is 12.3. The maximum absolute atomic E-state index is 6.22. The van der Waals surface area contributed by atoms with E-state index in [1.165, 1.54) is 16.3 Å². The lowest BCUT2D eigenvalue weighted by Gasteiger charge is -2.13. The second-order valence-corrected chi connectivity index (χ2v) is 16.4. The molecule has 4 heteroatoms. The van der Waals surface area contributed by atoms with Crippen molar-refractivity contribution in [1.82, 2.24) is 15.0 Å². The number of hydrogen-bond acceptors (Lipinski definition) is 4. The van der Waals surface area contributed by atoms with Crippen LogP contribution in [0.4, 0.5) is 0 Å². The Morgan fingerprint density at radius 2 is 0.677 bits per heavy atom. The maximum Gasteiger partial charge on any atom is 0.164 e. The SMILES string of the molecule is c1ccc(-c2cccc(-c3nc(-c4ccc(-c5ccc6ccc(-c7cccc(-c8ccc9c(c8)oc8ccccc89)c7)cc6c5)cc4)nc(-c4ccccc4-c4ccccc4)n3)c2)cc1. The molecule has 2 aromatic heterocycles. The standard InChI is InChI=1S/C61H39N3O/c1-3-13-40(14-4-1)45-17-12-20-51(36-45)60-62-59(63-61(64-60)56-23-8-7-21-53(56)43-15-5-2-6-16-43)44-29-25-41(26-30-44)48-31-27-42-28-32-49(38-52(42)37-48)46-18-11-19-47(35-46)50-33-34-55-54-22-9-10-24-57(54)65-58(55)39-50/h1-39H. The maximum atomic E-state index is 6.22. The van der Waals surface area contributed by atoms with Crippen molar-refractivity contribution in [3.63, 3.8) is 0 Å². The Hall–Kier alpha value is -8.73. The molecule has 304 valence electrons. The van der Waals surface area contributed by atoms with Crippen molar-refractivity contribution in [2.24, 2.45) is 0 Å². The van der Waals surface area contributed by atoms with Crippen LogP contribution in [-0.4, -0.2) is 15.0 Å². The zero-order valence-corrected chi connectivity index (χ0v) is 35.3. The highest BCUT2D eigenvalue weighted by atomic mass is 16.3. The van der Waals surface area contributed by atoms with Gasteiger partial charge in [0.2, 0.25) is 0 Å². The van der Waals surface area contributed by atoms with Gasteiger partial charge in [-0.2, -0.15) is 0 Å². The van der Waals surface area contributed by atoms with Gasteiger partial charge < -0.3 is 4.42 Å². The first-order valence-corrected chi connectivity index (χ1v) is 21.9. The second-order valence-electron chi connectivity index (χ2n) is 16.4. The minimum absolute atomic E-state index is 0.618. The quantitative estimate of drug-likeness (QED) is 0.153. The number of benzene rings is 10. The molecule has 0 aliphatic heterocycles. The number of nitrogens with zero attached hydrogens (tertiary/aromatic N) is 3. The van der Waals surface area contributed by atoms with Crippen LogP contribution in [0.25, 0.3) is 123 Å². The van der Waals surface area contributed by atoms with Crippen molar-refractivity contribution in [2.45, 2.75) is 0 Å². The Labute approximate surface area is 376 Å². The molecule has 0 saturated heterocycles. The molecule has 12 rings (SSSR count). The highest BCUT2D eigenvalue weighted by Crippen LogP contribution is 2.37. The number of hydrogen-bond donors (Lipinski definition) is 0. The molecule has 0 fully saturated rings. The van der Waals surface area contributed by atoms with Gasteiger partial charge >= 0.3 is 0 Å². The highest BCUT2D eigenvalue weighted by molar-refractivity contribution is 6.06. The minimum atomic E-state index is 0.618. The molecular formula is C61H39N3O. The summed E-state index contributed by atoms with van der Waals surface area (Å²) in [7, 11) is 0. The topological polar surface area (TPSA) is 51.8 Å². The van der Waals surface area contributed by atoms with E-state index in [1.54, 1.807) is 0 Å². The van der Waals surface area contributed by atoms with E-state index < -0.39 is 0 Å². The monoisotopic (exact) mass is 829 g/mol. The summed E-state index contributed by atoms with van der Waals surface area (Å²) in [5, 5.41) is 4.65. The van der Waals surface area contributed by atoms with E-state index >= 15 is 0 Å². The average Bonchev–Trinajstić information content (AvgIpc) is 3.77. The van der Waals surface area contributed by atoms with Crippen molar-refractivity contribution in [3.8, 4) is 89.8 Å². The Morgan fingerprint density at radius 3 is 1.42 bits per heavy atom. The number of furan rings is 1. The van der Waals surface area contributed by atoms with Crippen molar-refractivity contribution in [1.29, 1.82) is 0 Å². The molecule has 4 nitrogen and oxygen atoms in total. The van der Waals surface area contributed by atoms with Crippen LogP contribution in [0.15, 0.2) is 241 Å². The first kappa shape index (κ1) is 38.0. The smallest absolute Gasteiger partial charge is 0.164 e. The molecule has 0 saturated carbocycles. The number of fused-ring (bicyclic) bond motifs is 4. The Balaban J connectivity index is 0.884. The molecule has 0 aliphatic rings. The van der Waals surface area contributed by atoms with Crippen LogP contribution in [0, 0.1) is 0 Å². The van der Waals surface area contributed by atoms with E-state index in [4.69, 9.17) is 19.4 Å². The molecule has 0 atom stereocenters. The van der Waals surface area contributed by atoms with Crippen LogP contribution in [-0.2, 0) is 0 Å². The van der Waals surface area contributed by atoms with Crippen LogP contribution in [0.2, 0.25) is 0 Å². The van der Waals surface area contributed by atoms with Crippen molar-refractivity contribution < 1.29 is 4.42 Å². The molecule has 0 spiro atoms. The molecular weight excluding hydrogens is 791 g/mol. The average molecular weight is 830 g/mol. The van der Waals surface area contributed by atoms with E-state index in [9.17, 15) is 0 Å². The number of rotatable bonds is 8. The summed E-state index contributed by atoms with van der Waals surface area (Å²) < 4.78 is 6.22. The van der Waals surface area contributed by atoms with Crippen LogP contribution in [0.3, 0.4) is 0 Å². The fourth-order valence-corrected chi connectivity index (χ4v) is 8.97. The van der Waals surface area contributed by atoms with E-state index in [-0.39, 0.29) is 0 Å². The van der Waals surface area contributed by atoms with Gasteiger partial charge in [-0.1, -0.05) is 194 Å². The molecule has 0 radical (unpaired) electrons. The summed E-state index contributed by atoms with van der Waals surface area (Å²) in [5.41, 5.74) is 15.9. The van der Waals surface area contributed by atoms with Crippen LogP contribution in [0.1, 0.15) is 0 Å². The number of aromatic nitrogens is 3. The predicted molar refractivity (Wildman–Crippen MR) is 268 cm³/mol. The fraction of sp³-hybridized carbons (Fsp3) is 0. The zero-order chi connectivity index (χ0) is 43.1. The molecule has 0 N–H and O–H groups in total. The first-order chi connectivity index (χ1) is 32.2. The summed E-state index contributed by atoms with van der Waals surface area (Å²) in [6.07, 6.45) is 0. The molecule has 0 unspecified atom stereocenters. The molecule has 65 heavy (non-hydrogen) atoms. The molecule has 0 amide bonds. The lowest BCUT2D eigenvalue weighted by molar-refractivity contribution is 0.669. The molecule has 12 aromatic rings. The molecule has 0 aliphatic carbocycles. The van der Waals surface area contributed by atoms with E-state index in [0.29, 0.717) is 17.5 Å². The Morgan fingerprint density at radius 1 is 0.231 bits per heavy atom. The van der Waals surface area contributed by atoms with Crippen molar-refractivity contribution in [2.75, 3.05) is 0 Å². The van der Waals surface area contributed by atoms with Gasteiger partial charge in [-0.05, 0) is 109 Å². The van der Waals surface area contributed by atoms with Gasteiger partial charge in [0.15, 0.2) is 17.5 Å². The lowest BCUT2D eigenvalue weighted by Crippen LogP contribution is -2.01. The van der Waals surface area contributed by atoms with Crippen molar-refractivity contribution >= 4 is 32.7 Å². The van der Waals surface area contributed by atoms with E-state index in [0.717, 1.165) is 88.7 Å². The van der Waals surface area contributed by atoms with Gasteiger partial charge in [0.1, 0.15) is 11.2 Å². The van der Waals surface area contributed by atoms with Gasteiger partial charge in [-0.3, -0.25) is 0 Å². The normalized spacial score (nSPS) is 11.4. The highest BCUT2D eigenvalue weighted by Gasteiger charge is 2.17. The molecule has 10 aromatic carbocycles. The first-order valence-electron chi connectivity index (χ1n) is 21.9. The Kier molecular flexibility index (Phi) is 9.46. The van der Waals surface area contributed by atoms with Gasteiger partial charge in [0.05, 0.1) is 0 Å². The lowest BCUT2D eigenvalue weighted by atomic mass is 9.95. The van der Waals surface area contributed by atoms with Crippen LogP contribution < -0.4 is 0 Å². The zero-order valence-electron chi connectivity index (χ0n) is 35.3. The van der Waals surface area contributed by atoms with Gasteiger partial charge in [0.25, 0.3) is 0 Å². The van der Waals surface area contributed by atoms with Crippen LogP contribution >= 0.6 is 0 Å². The third kappa shape index (κ3) is 7.33. The summed E-state index contributed by atoms with van der Waals surface area (Å²) in [5.74, 6) is 1.87. The third-order valence-electron chi connectivity index (χ3n) is 12.3. The minimum Gasteiger partial charge on any atom is -0.456 e. The largest absolute Gasteiger partial charge is 0.456 e. The van der Waals surface area contributed by atoms with Gasteiger partial charge in [0, 0.05) is 27.5 Å². The molecule has 2 heterocycles. The van der Waals surface area contributed by atoms with E-state index in [2.05, 4.69) is 206 Å². The van der Waals surface area contributed by atoms with Crippen molar-refractivity contribution in [3.05, 3.63) is 237 Å². The van der Waals surface area contributed by atoms with Gasteiger partial charge in [-0.15, -0.1) is 0 Å². The van der Waals surface area contributed by atoms with E-state index in [1.807, 2.05) is 30.3 Å². The predicted octanol–water partition coefficient (Wildman–Crippen LogP) is 16.3. The van der Waals surface area contributed by atoms with Crippen LogP contribution in [0.5, 0.6) is 0 Å². The summed E-state index contributed by atoms with van der Waals surface area (Å²) in [6.45, 7) is 0.